The van der Waals surface area contributed by atoms with Crippen LogP contribution in [0, 0.1) is 0 Å². The van der Waals surface area contributed by atoms with Crippen molar-refractivity contribution in [3.63, 3.8) is 0 Å². The van der Waals surface area contributed by atoms with E-state index in [4.69, 9.17) is 22.3 Å². The van der Waals surface area contributed by atoms with Gasteiger partial charge >= 0.3 is 5.97 Å². The van der Waals surface area contributed by atoms with E-state index in [1.54, 1.807) is 0 Å². The number of carboxylic acid groups (broad SMARTS) is 1. The maximum absolute atomic E-state index is 13.5. The van der Waals surface area contributed by atoms with Crippen molar-refractivity contribution in [3.8, 4) is 0 Å². The summed E-state index contributed by atoms with van der Waals surface area (Å²) < 4.78 is 0. The molecule has 220 valence electrons. The van der Waals surface area contributed by atoms with E-state index in [0.29, 0.717) is 19.3 Å². The molecule has 1 heterocycles. The second kappa shape index (κ2) is 14.2. The number of aliphatic carboxylic acids is 1. The lowest BCUT2D eigenvalue weighted by molar-refractivity contribution is -0.147. The van der Waals surface area contributed by atoms with Gasteiger partial charge in [-0.2, -0.15) is 0 Å². The van der Waals surface area contributed by atoms with Gasteiger partial charge in [-0.25, -0.2) is 0 Å². The molecule has 2 aromatic carbocycles. The number of nitrogens with two attached hydrogens (primary N) is 3. The molecule has 3 rings (SSSR count). The van der Waals surface area contributed by atoms with Gasteiger partial charge in [-0.1, -0.05) is 42.5 Å². The molecule has 0 bridgehead atoms. The van der Waals surface area contributed by atoms with Gasteiger partial charge in [-0.05, 0) is 42.0 Å². The van der Waals surface area contributed by atoms with Crippen LogP contribution in [0.2, 0.25) is 0 Å². The van der Waals surface area contributed by atoms with E-state index in [0.717, 1.165) is 16.3 Å². The largest absolute Gasteiger partial charge is 0.481 e. The second-order valence-corrected chi connectivity index (χ2v) is 10.2. The Kier molecular flexibility index (Phi) is 10.8. The molecule has 0 radical (unpaired) electrons. The number of amides is 5. The molecule has 13 nitrogen and oxygen atoms in total. The number of hydrogen-bond acceptors (Lipinski definition) is 7. The molecule has 0 aliphatic carbocycles. The number of likely N-dealkylation sites (tertiary alicyclic amines) is 1. The Balaban J connectivity index is 1.85. The van der Waals surface area contributed by atoms with Gasteiger partial charge in [0.2, 0.25) is 29.5 Å². The first-order valence-electron chi connectivity index (χ1n) is 13.4. The standard InChI is InChI=1S/C28H36N6O7/c29-19(15-24(36)37)28(41)34-12-4-3-7-22(34)27(40)33-21(26(39)32-20(25(31)38)10-11-23(30)35)14-16-8-9-17-5-1-2-6-18(17)13-16/h1-2,5-6,8-9,13,19-22H,3-4,7,10-12,14-15,29H2,(H2,30,35)(H2,31,38)(H,32,39)(H,33,40)(H,36,37)/t19-,20-,21-,22-/m0/s1. The lowest BCUT2D eigenvalue weighted by Gasteiger charge is -2.36. The van der Waals surface area contributed by atoms with Gasteiger partial charge in [0, 0.05) is 19.4 Å². The fourth-order valence-electron chi connectivity index (χ4n) is 4.88. The minimum Gasteiger partial charge on any atom is -0.481 e. The molecule has 1 aliphatic rings. The van der Waals surface area contributed by atoms with Gasteiger partial charge in [0.05, 0.1) is 12.5 Å². The van der Waals surface area contributed by atoms with E-state index >= 15 is 0 Å². The molecule has 13 heteroatoms. The molecule has 1 saturated heterocycles. The summed E-state index contributed by atoms with van der Waals surface area (Å²) in [6.45, 7) is 0.211. The van der Waals surface area contributed by atoms with Crippen LogP contribution in [-0.2, 0) is 35.2 Å². The predicted octanol–water partition coefficient (Wildman–Crippen LogP) is -0.714. The van der Waals surface area contributed by atoms with Gasteiger partial charge in [0.25, 0.3) is 0 Å². The Morgan fingerprint density at radius 1 is 0.951 bits per heavy atom. The van der Waals surface area contributed by atoms with Crippen LogP contribution in [0.25, 0.3) is 10.8 Å². The summed E-state index contributed by atoms with van der Waals surface area (Å²) in [4.78, 5) is 75.4. The molecule has 1 fully saturated rings. The highest BCUT2D eigenvalue weighted by Crippen LogP contribution is 2.20. The summed E-state index contributed by atoms with van der Waals surface area (Å²) >= 11 is 0. The molecular weight excluding hydrogens is 532 g/mol. The van der Waals surface area contributed by atoms with Crippen molar-refractivity contribution in [1.82, 2.24) is 15.5 Å². The summed E-state index contributed by atoms with van der Waals surface area (Å²) in [6.07, 6.45) is 0.694. The Morgan fingerprint density at radius 2 is 1.66 bits per heavy atom. The zero-order valence-electron chi connectivity index (χ0n) is 22.6. The number of piperidine rings is 1. The topological polar surface area (TPSA) is 228 Å². The molecule has 0 spiro atoms. The van der Waals surface area contributed by atoms with Gasteiger partial charge in [0.1, 0.15) is 18.1 Å². The number of carboxylic acids is 1. The zero-order valence-corrected chi connectivity index (χ0v) is 22.6. The van der Waals surface area contributed by atoms with Gasteiger partial charge in [-0.15, -0.1) is 0 Å². The summed E-state index contributed by atoms with van der Waals surface area (Å²) in [5.74, 6) is -4.77. The Labute approximate surface area is 236 Å². The number of carbonyl (C=O) groups excluding carboxylic acids is 5. The van der Waals surface area contributed by atoms with Gasteiger partial charge < -0.3 is 37.8 Å². The van der Waals surface area contributed by atoms with Crippen molar-refractivity contribution in [2.24, 2.45) is 17.2 Å². The van der Waals surface area contributed by atoms with Crippen molar-refractivity contribution in [1.29, 1.82) is 0 Å². The van der Waals surface area contributed by atoms with Crippen LogP contribution >= 0.6 is 0 Å². The maximum atomic E-state index is 13.5. The SMILES string of the molecule is NC(=O)CC[C@H](NC(=O)[C@H](Cc1ccc2ccccc2c1)NC(=O)[C@@H]1CCCCN1C(=O)[C@@H](N)CC(=O)O)C(N)=O. The first-order valence-corrected chi connectivity index (χ1v) is 13.4. The summed E-state index contributed by atoms with van der Waals surface area (Å²) in [5, 5.41) is 16.2. The lowest BCUT2D eigenvalue weighted by atomic mass is 9.97. The monoisotopic (exact) mass is 568 g/mol. The van der Waals surface area contributed by atoms with Crippen LogP contribution in [-0.4, -0.2) is 76.2 Å². The highest BCUT2D eigenvalue weighted by atomic mass is 16.4. The van der Waals surface area contributed by atoms with Crippen molar-refractivity contribution in [2.75, 3.05) is 6.54 Å². The second-order valence-electron chi connectivity index (χ2n) is 10.2. The average Bonchev–Trinajstić information content (AvgIpc) is 2.93. The Morgan fingerprint density at radius 3 is 2.32 bits per heavy atom. The first-order chi connectivity index (χ1) is 19.5. The quantitative estimate of drug-likeness (QED) is 0.180. The molecule has 4 atom stereocenters. The van der Waals surface area contributed by atoms with E-state index in [-0.39, 0.29) is 25.8 Å². The van der Waals surface area contributed by atoms with Crippen LogP contribution in [0.1, 0.15) is 44.1 Å². The predicted molar refractivity (Wildman–Crippen MR) is 149 cm³/mol. The average molecular weight is 569 g/mol. The number of benzene rings is 2. The molecule has 5 amide bonds. The third-order valence-corrected chi connectivity index (χ3v) is 7.03. The maximum Gasteiger partial charge on any atom is 0.305 e. The number of carbonyl (C=O) groups is 6. The zero-order chi connectivity index (χ0) is 30.1. The number of nitrogens with zero attached hydrogens (tertiary/aromatic N) is 1. The van der Waals surface area contributed by atoms with Gasteiger partial charge in [-0.3, -0.25) is 28.8 Å². The van der Waals surface area contributed by atoms with Crippen molar-refractivity contribution >= 4 is 46.3 Å². The molecule has 1 aliphatic heterocycles. The molecular formula is C28H36N6O7. The molecule has 41 heavy (non-hydrogen) atoms. The summed E-state index contributed by atoms with van der Waals surface area (Å²) in [6, 6.07) is 8.52. The van der Waals surface area contributed by atoms with Crippen molar-refractivity contribution < 1.29 is 33.9 Å². The number of fused-ring (bicyclic) bond motifs is 1. The van der Waals surface area contributed by atoms with Crippen LogP contribution in [0.5, 0.6) is 0 Å². The third kappa shape index (κ3) is 8.73. The number of rotatable bonds is 13. The van der Waals surface area contributed by atoms with Crippen LogP contribution in [0.4, 0.5) is 0 Å². The van der Waals surface area contributed by atoms with Crippen LogP contribution < -0.4 is 27.8 Å². The molecule has 9 N–H and O–H groups in total. The third-order valence-electron chi connectivity index (χ3n) is 7.03. The molecule has 2 aromatic rings. The number of primary amides is 2. The van der Waals surface area contributed by atoms with Crippen LogP contribution in [0.3, 0.4) is 0 Å². The highest BCUT2D eigenvalue weighted by molar-refractivity contribution is 5.95. The van der Waals surface area contributed by atoms with E-state index in [2.05, 4.69) is 10.6 Å². The summed E-state index contributed by atoms with van der Waals surface area (Å²) in [7, 11) is 0. The molecule has 0 saturated carbocycles. The van der Waals surface area contributed by atoms with E-state index in [1.807, 2.05) is 42.5 Å². The minimum absolute atomic E-state index is 0.0445. The molecule has 0 aromatic heterocycles. The fourth-order valence-corrected chi connectivity index (χ4v) is 4.88. The van der Waals surface area contributed by atoms with Crippen molar-refractivity contribution in [2.45, 2.75) is 69.1 Å². The molecule has 0 unspecified atom stereocenters. The highest BCUT2D eigenvalue weighted by Gasteiger charge is 2.37. The van der Waals surface area contributed by atoms with Crippen molar-refractivity contribution in [3.05, 3.63) is 48.0 Å². The normalized spacial score (nSPS) is 17.2. The van der Waals surface area contributed by atoms with Gasteiger partial charge in [0.15, 0.2) is 0 Å². The number of nitrogens with one attached hydrogen (secondary N) is 2. The minimum atomic E-state index is -1.32. The first kappa shape index (κ1) is 31.0. The smallest absolute Gasteiger partial charge is 0.305 e. The van der Waals surface area contributed by atoms with Crippen LogP contribution in [0.15, 0.2) is 42.5 Å². The van der Waals surface area contributed by atoms with E-state index < -0.39 is 66.1 Å². The number of hydrogen-bond donors (Lipinski definition) is 6. The summed E-state index contributed by atoms with van der Waals surface area (Å²) in [5.41, 5.74) is 17.1. The van der Waals surface area contributed by atoms with E-state index in [1.165, 1.54) is 4.90 Å². The van der Waals surface area contributed by atoms with E-state index in [9.17, 15) is 28.8 Å². The Hall–Kier alpha value is -4.52. The lowest BCUT2D eigenvalue weighted by Crippen LogP contribution is -2.60. The fraction of sp³-hybridized carbons (Fsp3) is 0.429. The Bertz CT molecular complexity index is 1320.